The molecule has 9 heteroatoms. The molecule has 2 aromatic carbocycles. The number of halogens is 3. The van der Waals surface area contributed by atoms with E-state index >= 15 is 0 Å². The fourth-order valence-electron chi connectivity index (χ4n) is 2.24. The van der Waals surface area contributed by atoms with E-state index in [-0.39, 0.29) is 17.1 Å². The summed E-state index contributed by atoms with van der Waals surface area (Å²) in [7, 11) is 0. The lowest BCUT2D eigenvalue weighted by atomic mass is 10.0. The molecule has 0 aliphatic heterocycles. The number of carbonyl (C=O) groups excluding carboxylic acids is 1. The number of hydrogen-bond donors (Lipinski definition) is 1. The number of rotatable bonds is 4. The van der Waals surface area contributed by atoms with Crippen LogP contribution in [0, 0.1) is 0 Å². The number of nitrogens with zero attached hydrogens (tertiary/aromatic N) is 3. The van der Waals surface area contributed by atoms with Gasteiger partial charge in [0, 0.05) is 5.56 Å². The van der Waals surface area contributed by atoms with E-state index in [1.807, 2.05) is 0 Å². The first-order valence-corrected chi connectivity index (χ1v) is 7.00. The normalized spacial score (nSPS) is 11.3. The van der Waals surface area contributed by atoms with Crippen molar-refractivity contribution in [2.45, 2.75) is 6.36 Å². The van der Waals surface area contributed by atoms with Crippen molar-refractivity contribution in [1.82, 2.24) is 14.8 Å². The molecule has 0 radical (unpaired) electrons. The second-order valence-corrected chi connectivity index (χ2v) is 4.97. The Morgan fingerprint density at radius 2 is 1.88 bits per heavy atom. The lowest BCUT2D eigenvalue weighted by Gasteiger charge is -2.13. The molecular formula is C16H11F3N4O2. The van der Waals surface area contributed by atoms with Crippen molar-refractivity contribution >= 4 is 5.91 Å². The van der Waals surface area contributed by atoms with Gasteiger partial charge in [0.2, 0.25) is 5.82 Å². The maximum Gasteiger partial charge on any atom is 0.573 e. The van der Waals surface area contributed by atoms with E-state index in [9.17, 15) is 18.0 Å². The highest BCUT2D eigenvalue weighted by molar-refractivity contribution is 5.88. The highest BCUT2D eigenvalue weighted by Crippen LogP contribution is 2.34. The van der Waals surface area contributed by atoms with Gasteiger partial charge in [-0.2, -0.15) is 0 Å². The summed E-state index contributed by atoms with van der Waals surface area (Å²) in [5.41, 5.74) is 6.34. The molecule has 6 nitrogen and oxygen atoms in total. The van der Waals surface area contributed by atoms with E-state index in [0.717, 1.165) is 0 Å². The molecule has 0 unspecified atom stereocenters. The number of alkyl halides is 3. The Bertz CT molecular complexity index is 921. The third-order valence-corrected chi connectivity index (χ3v) is 3.25. The predicted octanol–water partition coefficient (Wildman–Crippen LogP) is 2.93. The van der Waals surface area contributed by atoms with Crippen LogP contribution in [-0.4, -0.2) is 27.0 Å². The van der Waals surface area contributed by atoms with Crippen LogP contribution in [0.3, 0.4) is 0 Å². The van der Waals surface area contributed by atoms with Gasteiger partial charge in [-0.1, -0.05) is 30.3 Å². The number of hydrogen-bond acceptors (Lipinski definition) is 4. The Labute approximate surface area is 139 Å². The minimum absolute atomic E-state index is 0.161. The summed E-state index contributed by atoms with van der Waals surface area (Å²) in [6.07, 6.45) is -3.51. The van der Waals surface area contributed by atoms with Gasteiger partial charge in [-0.05, 0) is 23.8 Å². The van der Waals surface area contributed by atoms with Crippen molar-refractivity contribution in [3.63, 3.8) is 0 Å². The van der Waals surface area contributed by atoms with E-state index < -0.39 is 12.3 Å². The molecule has 0 saturated heterocycles. The Morgan fingerprint density at radius 3 is 2.56 bits per heavy atom. The topological polar surface area (TPSA) is 83.0 Å². The number of benzene rings is 2. The van der Waals surface area contributed by atoms with Crippen molar-refractivity contribution in [1.29, 1.82) is 0 Å². The van der Waals surface area contributed by atoms with Crippen LogP contribution in [0.4, 0.5) is 13.2 Å². The van der Waals surface area contributed by atoms with Gasteiger partial charge in [0.25, 0.3) is 5.91 Å². The first kappa shape index (κ1) is 16.5. The molecule has 3 rings (SSSR count). The van der Waals surface area contributed by atoms with Gasteiger partial charge >= 0.3 is 6.36 Å². The summed E-state index contributed by atoms with van der Waals surface area (Å²) in [5.74, 6) is -1.26. The van der Waals surface area contributed by atoms with E-state index in [1.165, 1.54) is 29.2 Å². The average molecular weight is 348 g/mol. The summed E-state index contributed by atoms with van der Waals surface area (Å²) in [5, 5.41) is 3.92. The largest absolute Gasteiger partial charge is 0.573 e. The molecule has 3 aromatic rings. The molecule has 0 bridgehead atoms. The second-order valence-electron chi connectivity index (χ2n) is 4.97. The summed E-state index contributed by atoms with van der Waals surface area (Å²) in [6.45, 7) is 0. The number of aromatic nitrogens is 3. The molecular weight excluding hydrogens is 337 g/mol. The van der Waals surface area contributed by atoms with Gasteiger partial charge in [0.15, 0.2) is 0 Å². The van der Waals surface area contributed by atoms with Crippen molar-refractivity contribution in [2.24, 2.45) is 5.73 Å². The fourth-order valence-corrected chi connectivity index (χ4v) is 2.24. The molecule has 128 valence electrons. The summed E-state index contributed by atoms with van der Waals surface area (Å²) >= 11 is 0. The maximum atomic E-state index is 12.6. The minimum atomic E-state index is -4.80. The third-order valence-electron chi connectivity index (χ3n) is 3.25. The van der Waals surface area contributed by atoms with Gasteiger partial charge in [0.1, 0.15) is 12.1 Å². The number of para-hydroxylation sites is 1. The van der Waals surface area contributed by atoms with E-state index in [1.54, 1.807) is 30.3 Å². The lowest BCUT2D eigenvalue weighted by molar-refractivity contribution is -0.274. The average Bonchev–Trinajstić information content (AvgIpc) is 3.04. The SMILES string of the molecule is NC(=O)c1ncn(-c2cccc(-c3ccccc3OC(F)(F)F)c2)n1. The van der Waals surface area contributed by atoms with Crippen LogP contribution in [0.15, 0.2) is 54.9 Å². The molecule has 1 heterocycles. The first-order valence-electron chi connectivity index (χ1n) is 7.00. The van der Waals surface area contributed by atoms with Gasteiger partial charge in [-0.25, -0.2) is 9.67 Å². The number of carbonyl (C=O) groups is 1. The standard InChI is InChI=1S/C16H11F3N4O2/c17-16(18,19)25-13-7-2-1-6-12(13)10-4-3-5-11(8-10)23-9-21-15(22-23)14(20)24/h1-9H,(H2,20,24). The third kappa shape index (κ3) is 3.77. The van der Waals surface area contributed by atoms with Crippen LogP contribution in [0.25, 0.3) is 16.8 Å². The van der Waals surface area contributed by atoms with Crippen molar-refractivity contribution in [3.8, 4) is 22.6 Å². The Morgan fingerprint density at radius 1 is 1.12 bits per heavy atom. The Kier molecular flexibility index (Phi) is 4.14. The number of nitrogens with two attached hydrogens (primary N) is 1. The first-order chi connectivity index (χ1) is 11.8. The van der Waals surface area contributed by atoms with Crippen LogP contribution in [0.5, 0.6) is 5.75 Å². The zero-order chi connectivity index (χ0) is 18.0. The molecule has 0 atom stereocenters. The maximum absolute atomic E-state index is 12.6. The van der Waals surface area contributed by atoms with E-state index in [2.05, 4.69) is 14.8 Å². The van der Waals surface area contributed by atoms with Crippen molar-refractivity contribution in [3.05, 3.63) is 60.7 Å². The zero-order valence-electron chi connectivity index (χ0n) is 12.6. The molecule has 0 aliphatic carbocycles. The van der Waals surface area contributed by atoms with Crippen LogP contribution in [0.1, 0.15) is 10.6 Å². The molecule has 0 spiro atoms. The monoisotopic (exact) mass is 348 g/mol. The van der Waals surface area contributed by atoms with Gasteiger partial charge < -0.3 is 10.5 Å². The summed E-state index contributed by atoms with van der Waals surface area (Å²) in [6, 6.07) is 12.3. The number of primary amides is 1. The van der Waals surface area contributed by atoms with Gasteiger partial charge in [-0.15, -0.1) is 18.3 Å². The fraction of sp³-hybridized carbons (Fsp3) is 0.0625. The van der Waals surface area contributed by atoms with E-state index in [0.29, 0.717) is 11.3 Å². The molecule has 2 N–H and O–H groups in total. The van der Waals surface area contributed by atoms with Crippen LogP contribution < -0.4 is 10.5 Å². The molecule has 1 amide bonds. The molecule has 0 fully saturated rings. The summed E-state index contributed by atoms with van der Waals surface area (Å²) in [4.78, 5) is 14.8. The minimum Gasteiger partial charge on any atom is -0.405 e. The van der Waals surface area contributed by atoms with Crippen LogP contribution in [-0.2, 0) is 0 Å². The van der Waals surface area contributed by atoms with Crippen LogP contribution in [0.2, 0.25) is 0 Å². The highest BCUT2D eigenvalue weighted by Gasteiger charge is 2.32. The number of amides is 1. The second kappa shape index (κ2) is 6.27. The lowest BCUT2D eigenvalue weighted by Crippen LogP contribution is -2.17. The quantitative estimate of drug-likeness (QED) is 0.786. The molecule has 25 heavy (non-hydrogen) atoms. The van der Waals surface area contributed by atoms with E-state index in [4.69, 9.17) is 5.73 Å². The highest BCUT2D eigenvalue weighted by atomic mass is 19.4. The van der Waals surface area contributed by atoms with Gasteiger partial charge in [0.05, 0.1) is 5.69 Å². The Balaban J connectivity index is 2.01. The molecule has 1 aromatic heterocycles. The van der Waals surface area contributed by atoms with Crippen molar-refractivity contribution < 1.29 is 22.7 Å². The van der Waals surface area contributed by atoms with Gasteiger partial charge in [-0.3, -0.25) is 4.79 Å². The zero-order valence-corrected chi connectivity index (χ0v) is 12.6. The smallest absolute Gasteiger partial charge is 0.405 e. The summed E-state index contributed by atoms with van der Waals surface area (Å²) < 4.78 is 43.1. The number of ether oxygens (including phenoxy) is 1. The van der Waals surface area contributed by atoms with Crippen LogP contribution >= 0.6 is 0 Å². The molecule has 0 aliphatic rings. The van der Waals surface area contributed by atoms with Crippen molar-refractivity contribution in [2.75, 3.05) is 0 Å². The predicted molar refractivity (Wildman–Crippen MR) is 82.0 cm³/mol. The molecule has 0 saturated carbocycles. The Hall–Kier alpha value is -3.36.